The molecule has 1 aliphatic rings. The molecular weight excluding hydrogens is 265 g/mol. The molecule has 2 atom stereocenters. The Kier molecular flexibility index (Phi) is 2.94. The minimum atomic E-state index is -4.89. The second-order valence-corrected chi connectivity index (χ2v) is 4.32. The molecule has 0 aliphatic heterocycles. The van der Waals surface area contributed by atoms with Crippen molar-refractivity contribution in [2.45, 2.75) is 42.7 Å². The maximum absolute atomic E-state index is 13.1. The Labute approximate surface area is 91.8 Å². The molecule has 1 saturated carbocycles. The minimum Gasteiger partial charge on any atom is -0.219 e. The molecule has 0 bridgehead atoms. The summed E-state index contributed by atoms with van der Waals surface area (Å²) in [5.74, 6) is -16.5. The van der Waals surface area contributed by atoms with E-state index in [1.807, 2.05) is 0 Å². The lowest BCUT2D eigenvalue weighted by atomic mass is 9.72. The van der Waals surface area contributed by atoms with Crippen LogP contribution in [0.2, 0.25) is 0 Å². The first kappa shape index (κ1) is 13.9. The van der Waals surface area contributed by atoms with Crippen LogP contribution in [0.25, 0.3) is 0 Å². The first-order valence-electron chi connectivity index (χ1n) is 4.41. The summed E-state index contributed by atoms with van der Waals surface area (Å²) in [6.07, 6.45) is -2.97. The summed E-state index contributed by atoms with van der Waals surface area (Å²) in [7, 11) is 0. The molecule has 0 aromatic heterocycles. The van der Waals surface area contributed by atoms with E-state index in [0.717, 1.165) is 6.92 Å². The maximum Gasteiger partial charge on any atom is 0.317 e. The molecule has 0 heterocycles. The Balaban J connectivity index is 2.98. The SMILES string of the molecule is CCC(F)(F)C(F)(F)[C@H]1CC(F)(F)[C@]1(F)Cl. The van der Waals surface area contributed by atoms with Crippen molar-refractivity contribution in [1.82, 2.24) is 0 Å². The molecule has 0 aromatic carbocycles. The zero-order chi connectivity index (χ0) is 13.0. The van der Waals surface area contributed by atoms with E-state index in [4.69, 9.17) is 0 Å². The topological polar surface area (TPSA) is 0 Å². The van der Waals surface area contributed by atoms with Crippen LogP contribution in [-0.2, 0) is 0 Å². The summed E-state index contributed by atoms with van der Waals surface area (Å²) in [6.45, 7) is 0.749. The zero-order valence-corrected chi connectivity index (χ0v) is 8.77. The smallest absolute Gasteiger partial charge is 0.219 e. The van der Waals surface area contributed by atoms with Crippen LogP contribution in [0.1, 0.15) is 19.8 Å². The minimum absolute atomic E-state index is 0.749. The van der Waals surface area contributed by atoms with Gasteiger partial charge in [0, 0.05) is 12.8 Å². The van der Waals surface area contributed by atoms with Crippen LogP contribution in [0.3, 0.4) is 0 Å². The maximum atomic E-state index is 13.1. The Morgan fingerprint density at radius 3 is 1.88 bits per heavy atom. The molecule has 0 spiro atoms. The summed E-state index contributed by atoms with van der Waals surface area (Å²) < 4.78 is 89.7. The molecule has 96 valence electrons. The van der Waals surface area contributed by atoms with E-state index in [0.29, 0.717) is 0 Å². The zero-order valence-electron chi connectivity index (χ0n) is 8.02. The van der Waals surface area contributed by atoms with Gasteiger partial charge in [0.1, 0.15) is 0 Å². The average molecular weight is 273 g/mol. The fourth-order valence-electron chi connectivity index (χ4n) is 1.49. The first-order chi connectivity index (χ1) is 6.90. The lowest BCUT2D eigenvalue weighted by molar-refractivity contribution is -0.321. The molecule has 1 rings (SSSR count). The third-order valence-corrected chi connectivity index (χ3v) is 3.30. The van der Waals surface area contributed by atoms with Crippen molar-refractivity contribution < 1.29 is 30.7 Å². The molecule has 0 saturated heterocycles. The summed E-state index contributed by atoms with van der Waals surface area (Å²) in [6, 6.07) is 0. The fraction of sp³-hybridized carbons (Fsp3) is 1.00. The van der Waals surface area contributed by atoms with Gasteiger partial charge in [-0.2, -0.15) is 17.6 Å². The van der Waals surface area contributed by atoms with E-state index < -0.39 is 41.7 Å². The highest BCUT2D eigenvalue weighted by atomic mass is 35.5. The van der Waals surface area contributed by atoms with Crippen molar-refractivity contribution >= 4 is 11.6 Å². The van der Waals surface area contributed by atoms with Crippen LogP contribution in [0, 0.1) is 5.92 Å². The van der Waals surface area contributed by atoms with Crippen LogP contribution in [0.5, 0.6) is 0 Å². The standard InChI is InChI=1S/C8H8ClF7/c1-2-5(10,11)8(15,16)4-3-6(12,13)7(4,9)14/h4H,2-3H2,1H3/t4-,7-/m0/s1. The molecule has 1 aliphatic carbocycles. The van der Waals surface area contributed by atoms with Crippen LogP contribution in [0.15, 0.2) is 0 Å². The van der Waals surface area contributed by atoms with Gasteiger partial charge in [-0.25, -0.2) is 13.2 Å². The predicted molar refractivity (Wildman–Crippen MR) is 42.9 cm³/mol. The van der Waals surface area contributed by atoms with E-state index in [-0.39, 0.29) is 0 Å². The van der Waals surface area contributed by atoms with E-state index in [1.165, 1.54) is 0 Å². The number of alkyl halides is 8. The molecule has 0 amide bonds. The van der Waals surface area contributed by atoms with Gasteiger partial charge in [0.25, 0.3) is 11.1 Å². The van der Waals surface area contributed by atoms with Gasteiger partial charge in [-0.05, 0) is 0 Å². The molecule has 0 nitrogen and oxygen atoms in total. The van der Waals surface area contributed by atoms with Gasteiger partial charge in [0.2, 0.25) is 0 Å². The largest absolute Gasteiger partial charge is 0.317 e. The number of halogens is 8. The van der Waals surface area contributed by atoms with E-state index in [9.17, 15) is 30.7 Å². The number of rotatable bonds is 3. The van der Waals surface area contributed by atoms with Crippen molar-refractivity contribution in [3.05, 3.63) is 0 Å². The molecule has 8 heteroatoms. The lowest BCUT2D eigenvalue weighted by Crippen LogP contribution is -2.67. The van der Waals surface area contributed by atoms with Gasteiger partial charge in [-0.15, -0.1) is 0 Å². The van der Waals surface area contributed by atoms with Crippen molar-refractivity contribution in [2.24, 2.45) is 5.92 Å². The quantitative estimate of drug-likeness (QED) is 0.533. The van der Waals surface area contributed by atoms with Crippen LogP contribution >= 0.6 is 11.6 Å². The number of hydrogen-bond donors (Lipinski definition) is 0. The van der Waals surface area contributed by atoms with Crippen LogP contribution in [-0.4, -0.2) is 22.9 Å². The van der Waals surface area contributed by atoms with Crippen LogP contribution in [0.4, 0.5) is 30.7 Å². The summed E-state index contributed by atoms with van der Waals surface area (Å²) >= 11 is 4.58. The Morgan fingerprint density at radius 1 is 1.19 bits per heavy atom. The Morgan fingerprint density at radius 2 is 1.62 bits per heavy atom. The molecule has 0 radical (unpaired) electrons. The Hall–Kier alpha value is -0.200. The van der Waals surface area contributed by atoms with Gasteiger partial charge < -0.3 is 0 Å². The monoisotopic (exact) mass is 272 g/mol. The summed E-state index contributed by atoms with van der Waals surface area (Å²) in [5, 5.41) is -4.12. The molecule has 16 heavy (non-hydrogen) atoms. The molecule has 0 N–H and O–H groups in total. The van der Waals surface area contributed by atoms with E-state index >= 15 is 0 Å². The summed E-state index contributed by atoms with van der Waals surface area (Å²) in [5.41, 5.74) is 0. The highest BCUT2D eigenvalue weighted by Gasteiger charge is 2.80. The van der Waals surface area contributed by atoms with E-state index in [1.54, 1.807) is 0 Å². The highest BCUT2D eigenvalue weighted by Crippen LogP contribution is 2.64. The second kappa shape index (κ2) is 3.40. The Bertz CT molecular complexity index is 286. The summed E-state index contributed by atoms with van der Waals surface area (Å²) in [4.78, 5) is 0. The predicted octanol–water partition coefficient (Wildman–Crippen LogP) is 4.23. The van der Waals surface area contributed by atoms with Gasteiger partial charge in [0.15, 0.2) is 0 Å². The van der Waals surface area contributed by atoms with Gasteiger partial charge in [0.05, 0.1) is 5.92 Å². The van der Waals surface area contributed by atoms with Crippen LogP contribution < -0.4 is 0 Å². The van der Waals surface area contributed by atoms with Gasteiger partial charge in [-0.3, -0.25) is 0 Å². The third-order valence-electron chi connectivity index (χ3n) is 2.76. The molecule has 1 fully saturated rings. The van der Waals surface area contributed by atoms with Gasteiger partial charge >= 0.3 is 11.8 Å². The highest BCUT2D eigenvalue weighted by molar-refractivity contribution is 6.24. The second-order valence-electron chi connectivity index (χ2n) is 3.77. The number of hydrogen-bond acceptors (Lipinski definition) is 0. The molecular formula is C8H8ClF7. The van der Waals surface area contributed by atoms with Gasteiger partial charge in [-0.1, -0.05) is 18.5 Å². The normalized spacial score (nSPS) is 34.7. The average Bonchev–Trinajstić information content (AvgIpc) is 2.13. The molecule has 0 unspecified atom stereocenters. The van der Waals surface area contributed by atoms with Crippen molar-refractivity contribution in [2.75, 3.05) is 0 Å². The fourth-order valence-corrected chi connectivity index (χ4v) is 1.78. The van der Waals surface area contributed by atoms with E-state index in [2.05, 4.69) is 11.6 Å². The van der Waals surface area contributed by atoms with Crippen molar-refractivity contribution in [3.8, 4) is 0 Å². The lowest BCUT2D eigenvalue weighted by Gasteiger charge is -2.49. The van der Waals surface area contributed by atoms with Crippen molar-refractivity contribution in [1.29, 1.82) is 0 Å². The third kappa shape index (κ3) is 1.58. The van der Waals surface area contributed by atoms with Crippen molar-refractivity contribution in [3.63, 3.8) is 0 Å². The first-order valence-corrected chi connectivity index (χ1v) is 4.79. The molecule has 0 aromatic rings.